The molecule has 1 aliphatic rings. The molecule has 216 valence electrons. The van der Waals surface area contributed by atoms with Gasteiger partial charge in [0.1, 0.15) is 17.3 Å². The van der Waals surface area contributed by atoms with E-state index in [1.54, 1.807) is 54.7 Å². The molecule has 0 unspecified atom stereocenters. The highest BCUT2D eigenvalue weighted by molar-refractivity contribution is 7.89. The van der Waals surface area contributed by atoms with Crippen LogP contribution in [0.25, 0.3) is 31.8 Å². The smallest absolute Gasteiger partial charge is 0.262 e. The minimum atomic E-state index is -3.55. The predicted octanol–water partition coefficient (Wildman–Crippen LogP) is 4.20. The number of amides is 1. The topological polar surface area (TPSA) is 122 Å². The van der Waals surface area contributed by atoms with Crippen LogP contribution in [0, 0.1) is 5.82 Å². The van der Waals surface area contributed by atoms with E-state index in [-0.39, 0.29) is 16.5 Å². The third-order valence-corrected chi connectivity index (χ3v) is 9.90. The molecule has 2 aromatic carbocycles. The molecule has 10 nitrogen and oxygen atoms in total. The molecule has 3 aromatic heterocycles. The van der Waals surface area contributed by atoms with Crippen LogP contribution in [0.1, 0.15) is 23.2 Å². The molecular formula is C29H28FN7O3S2. The Morgan fingerprint density at radius 2 is 1.93 bits per heavy atom. The van der Waals surface area contributed by atoms with Crippen molar-refractivity contribution in [2.45, 2.75) is 23.8 Å². The summed E-state index contributed by atoms with van der Waals surface area (Å²) in [6.07, 6.45) is 4.95. The van der Waals surface area contributed by atoms with Gasteiger partial charge < -0.3 is 5.32 Å². The first-order valence-corrected chi connectivity index (χ1v) is 15.7. The Hall–Kier alpha value is -4.04. The Balaban J connectivity index is 1.40. The Bertz CT molecular complexity index is 1880. The lowest BCUT2D eigenvalue weighted by atomic mass is 10.0. The van der Waals surface area contributed by atoms with E-state index in [1.807, 2.05) is 12.1 Å². The van der Waals surface area contributed by atoms with Crippen LogP contribution in [-0.4, -0.2) is 60.5 Å². The number of aryl methyl sites for hydroxylation is 1. The fourth-order valence-electron chi connectivity index (χ4n) is 5.15. The van der Waals surface area contributed by atoms with Gasteiger partial charge in [0.05, 0.1) is 22.7 Å². The number of aromatic nitrogens is 4. The summed E-state index contributed by atoms with van der Waals surface area (Å²) >= 11 is 1.51. The lowest BCUT2D eigenvalue weighted by molar-refractivity contribution is 0.0968. The number of halogens is 1. The van der Waals surface area contributed by atoms with Crippen LogP contribution in [0.2, 0.25) is 0 Å². The van der Waals surface area contributed by atoms with Gasteiger partial charge in [0.2, 0.25) is 10.0 Å². The maximum atomic E-state index is 15.5. The molecule has 6 rings (SSSR count). The third kappa shape index (κ3) is 5.31. The molecule has 0 radical (unpaired) electrons. The first kappa shape index (κ1) is 28.1. The standard InChI is InChI=1S/C29H28FN7O3S2/c1-31-42(39,40)21-8-5-18(6-9-21)27-15-23-26(41-27)11-13-33-28(23)37(20-4-3-12-32-16-20)29(38)22-10-7-19(14-24(22)30)25-17-36(2)35-34-25/h5-11,13-15,17,20,31-32H,3-4,12,16H2,1-2H3/t20-/m1/s1. The molecule has 0 bridgehead atoms. The highest BCUT2D eigenvalue weighted by Crippen LogP contribution is 2.39. The van der Waals surface area contributed by atoms with Gasteiger partial charge >= 0.3 is 0 Å². The monoisotopic (exact) mass is 605 g/mol. The Kier molecular flexibility index (Phi) is 7.58. The third-order valence-electron chi connectivity index (χ3n) is 7.32. The van der Waals surface area contributed by atoms with Gasteiger partial charge in [0.15, 0.2) is 0 Å². The van der Waals surface area contributed by atoms with Crippen LogP contribution in [-0.2, 0) is 17.1 Å². The number of piperidine rings is 1. The summed E-state index contributed by atoms with van der Waals surface area (Å²) in [6.45, 7) is 1.40. The van der Waals surface area contributed by atoms with Crippen molar-refractivity contribution >= 4 is 43.2 Å². The summed E-state index contributed by atoms with van der Waals surface area (Å²) in [5.41, 5.74) is 1.82. The minimum Gasteiger partial charge on any atom is -0.315 e. The number of carbonyl (C=O) groups excluding carboxylic acids is 1. The van der Waals surface area contributed by atoms with E-state index in [4.69, 9.17) is 0 Å². The minimum absolute atomic E-state index is 0.0520. The average molecular weight is 606 g/mol. The molecule has 13 heteroatoms. The molecule has 2 N–H and O–H groups in total. The molecule has 1 amide bonds. The van der Waals surface area contributed by atoms with Crippen molar-refractivity contribution in [3.8, 4) is 21.7 Å². The second kappa shape index (κ2) is 11.3. The predicted molar refractivity (Wildman–Crippen MR) is 160 cm³/mol. The van der Waals surface area contributed by atoms with Crippen molar-refractivity contribution in [3.63, 3.8) is 0 Å². The van der Waals surface area contributed by atoms with Crippen molar-refractivity contribution in [1.29, 1.82) is 0 Å². The number of nitrogens with one attached hydrogen (secondary N) is 2. The van der Waals surface area contributed by atoms with Crippen molar-refractivity contribution in [1.82, 2.24) is 30.0 Å². The molecule has 1 aliphatic heterocycles. The largest absolute Gasteiger partial charge is 0.315 e. The number of hydrogen-bond acceptors (Lipinski definition) is 8. The summed E-state index contributed by atoms with van der Waals surface area (Å²) in [5.74, 6) is -0.659. The van der Waals surface area contributed by atoms with Gasteiger partial charge in [0, 0.05) is 40.3 Å². The molecular weight excluding hydrogens is 577 g/mol. The van der Waals surface area contributed by atoms with Gasteiger partial charge in [-0.15, -0.1) is 16.4 Å². The van der Waals surface area contributed by atoms with Crippen LogP contribution in [0.3, 0.4) is 0 Å². The number of rotatable bonds is 7. The normalized spacial score (nSPS) is 15.6. The van der Waals surface area contributed by atoms with E-state index in [9.17, 15) is 13.2 Å². The molecule has 42 heavy (non-hydrogen) atoms. The Morgan fingerprint density at radius 3 is 2.60 bits per heavy atom. The molecule has 5 aromatic rings. The zero-order valence-electron chi connectivity index (χ0n) is 22.9. The lowest BCUT2D eigenvalue weighted by Crippen LogP contribution is -2.49. The quantitative estimate of drug-likeness (QED) is 0.285. The highest BCUT2D eigenvalue weighted by atomic mass is 32.2. The van der Waals surface area contributed by atoms with E-state index < -0.39 is 21.7 Å². The molecule has 4 heterocycles. The van der Waals surface area contributed by atoms with Gasteiger partial charge in [-0.1, -0.05) is 23.4 Å². The average Bonchev–Trinajstić information content (AvgIpc) is 3.65. The number of sulfonamides is 1. The molecule has 1 fully saturated rings. The number of pyridine rings is 1. The van der Waals surface area contributed by atoms with Gasteiger partial charge in [-0.3, -0.25) is 14.4 Å². The fourth-order valence-corrected chi connectivity index (χ4v) is 6.93. The fraction of sp³-hybridized carbons (Fsp3) is 0.241. The van der Waals surface area contributed by atoms with E-state index in [0.29, 0.717) is 23.6 Å². The Morgan fingerprint density at radius 1 is 1.14 bits per heavy atom. The van der Waals surface area contributed by atoms with Crippen molar-refractivity contribution < 1.29 is 17.6 Å². The summed E-state index contributed by atoms with van der Waals surface area (Å²) < 4.78 is 44.6. The number of carbonyl (C=O) groups is 1. The van der Waals surface area contributed by atoms with Crippen LogP contribution < -0.4 is 14.9 Å². The summed E-state index contributed by atoms with van der Waals surface area (Å²) in [7, 11) is -0.452. The number of nitrogens with zero attached hydrogens (tertiary/aromatic N) is 5. The van der Waals surface area contributed by atoms with Crippen LogP contribution in [0.4, 0.5) is 10.2 Å². The van der Waals surface area contributed by atoms with Crippen LogP contribution >= 0.6 is 11.3 Å². The van der Waals surface area contributed by atoms with E-state index >= 15 is 4.39 Å². The Labute approximate surface area is 246 Å². The SMILES string of the molecule is CNS(=O)(=O)c1ccc(-c2cc3c(N(C(=O)c4ccc(-c5cn(C)nn5)cc4F)[C@@H]4CCCNC4)nccc3s2)cc1. The van der Waals surface area contributed by atoms with E-state index in [0.717, 1.165) is 39.9 Å². The maximum absolute atomic E-state index is 15.5. The van der Waals surface area contributed by atoms with Gasteiger partial charge in [-0.05, 0) is 68.4 Å². The zero-order chi connectivity index (χ0) is 29.4. The van der Waals surface area contributed by atoms with Crippen LogP contribution in [0.15, 0.2) is 71.9 Å². The number of hydrogen-bond donors (Lipinski definition) is 2. The van der Waals surface area contributed by atoms with Crippen molar-refractivity contribution in [2.24, 2.45) is 7.05 Å². The number of thiophene rings is 1. The highest BCUT2D eigenvalue weighted by Gasteiger charge is 2.32. The number of benzene rings is 2. The molecule has 0 spiro atoms. The van der Waals surface area contributed by atoms with Crippen molar-refractivity contribution in [2.75, 3.05) is 25.0 Å². The first-order chi connectivity index (χ1) is 20.2. The molecule has 1 saturated heterocycles. The zero-order valence-corrected chi connectivity index (χ0v) is 24.5. The first-order valence-electron chi connectivity index (χ1n) is 13.4. The molecule has 0 aliphatic carbocycles. The van der Waals surface area contributed by atoms with E-state index in [1.165, 1.54) is 35.2 Å². The molecule has 0 saturated carbocycles. The summed E-state index contributed by atoms with van der Waals surface area (Å²) in [4.78, 5) is 21.4. The van der Waals surface area contributed by atoms with Gasteiger partial charge in [0.25, 0.3) is 5.91 Å². The second-order valence-electron chi connectivity index (χ2n) is 10.0. The number of anilines is 1. The maximum Gasteiger partial charge on any atom is 0.262 e. The van der Waals surface area contributed by atoms with Gasteiger partial charge in [-0.2, -0.15) is 0 Å². The second-order valence-corrected chi connectivity index (χ2v) is 13.0. The lowest BCUT2D eigenvalue weighted by Gasteiger charge is -2.34. The van der Waals surface area contributed by atoms with E-state index in [2.05, 4.69) is 25.3 Å². The summed E-state index contributed by atoms with van der Waals surface area (Å²) in [5, 5.41) is 12.1. The summed E-state index contributed by atoms with van der Waals surface area (Å²) in [6, 6.07) is 14.7. The van der Waals surface area contributed by atoms with Crippen LogP contribution in [0.5, 0.6) is 0 Å². The van der Waals surface area contributed by atoms with Gasteiger partial charge in [-0.25, -0.2) is 22.5 Å². The molecule has 1 atom stereocenters. The van der Waals surface area contributed by atoms with Crippen molar-refractivity contribution in [3.05, 3.63) is 78.4 Å². The number of fused-ring (bicyclic) bond motifs is 1.